The molecule has 1 aromatic carbocycles. The Labute approximate surface area is 170 Å². The molecule has 2 bridgehead atoms. The van der Waals surface area contributed by atoms with Gasteiger partial charge < -0.3 is 15.4 Å². The van der Waals surface area contributed by atoms with Gasteiger partial charge >= 0.3 is 0 Å². The van der Waals surface area contributed by atoms with Crippen LogP contribution in [0, 0.1) is 17.8 Å². The molecule has 2 amide bonds. The number of aromatic nitrogens is 1. The Kier molecular flexibility index (Phi) is 4.30. The van der Waals surface area contributed by atoms with Crippen LogP contribution in [0.5, 0.6) is 5.75 Å². The molecule has 3 aliphatic carbocycles. The van der Waals surface area contributed by atoms with Gasteiger partial charge in [0.15, 0.2) is 5.72 Å². The molecule has 1 aromatic heterocycles. The summed E-state index contributed by atoms with van der Waals surface area (Å²) >= 11 is 0. The molecule has 3 fully saturated rings. The van der Waals surface area contributed by atoms with Crippen molar-refractivity contribution in [3.8, 4) is 5.75 Å². The first-order valence-corrected chi connectivity index (χ1v) is 10.4. The monoisotopic (exact) mass is 391 g/mol. The van der Waals surface area contributed by atoms with Crippen LogP contribution < -0.4 is 15.4 Å². The van der Waals surface area contributed by atoms with Gasteiger partial charge in [0.25, 0.3) is 5.91 Å². The minimum atomic E-state index is -0.679. The Morgan fingerprint density at radius 2 is 2.03 bits per heavy atom. The number of amides is 2. The third-order valence-electron chi connectivity index (χ3n) is 6.87. The minimum absolute atomic E-state index is 0.0404. The second-order valence-electron chi connectivity index (χ2n) is 8.53. The van der Waals surface area contributed by atoms with Crippen molar-refractivity contribution in [3.63, 3.8) is 0 Å². The van der Waals surface area contributed by atoms with Crippen molar-refractivity contribution in [1.82, 2.24) is 15.6 Å². The zero-order valence-electron chi connectivity index (χ0n) is 16.4. The van der Waals surface area contributed by atoms with Crippen LogP contribution in [0.25, 0.3) is 0 Å². The first-order chi connectivity index (χ1) is 14.1. The maximum atomic E-state index is 13.1. The summed E-state index contributed by atoms with van der Waals surface area (Å²) in [7, 11) is 0. The quantitative estimate of drug-likeness (QED) is 0.842. The van der Waals surface area contributed by atoms with E-state index in [0.717, 1.165) is 24.8 Å². The van der Waals surface area contributed by atoms with E-state index in [1.165, 1.54) is 0 Å². The van der Waals surface area contributed by atoms with Gasteiger partial charge in [0, 0.05) is 30.7 Å². The predicted molar refractivity (Wildman–Crippen MR) is 107 cm³/mol. The number of ether oxygens (including phenoxy) is 1. The maximum Gasteiger partial charge on any atom is 0.258 e. The average Bonchev–Trinajstić information content (AvgIpc) is 2.74. The normalized spacial score (nSPS) is 30.8. The molecule has 1 aliphatic heterocycles. The van der Waals surface area contributed by atoms with E-state index < -0.39 is 5.72 Å². The van der Waals surface area contributed by atoms with Crippen molar-refractivity contribution in [3.05, 3.63) is 59.9 Å². The number of carbonyl (C=O) groups is 2. The highest BCUT2D eigenvalue weighted by molar-refractivity contribution is 5.98. The van der Waals surface area contributed by atoms with E-state index in [9.17, 15) is 9.59 Å². The summed E-state index contributed by atoms with van der Waals surface area (Å²) in [6.07, 6.45) is 6.86. The molecule has 0 saturated heterocycles. The second kappa shape index (κ2) is 6.87. The molecule has 6 rings (SSSR count). The third-order valence-corrected chi connectivity index (χ3v) is 6.87. The number of rotatable bonds is 3. The van der Waals surface area contributed by atoms with Gasteiger partial charge in [-0.3, -0.25) is 14.6 Å². The molecule has 2 aromatic rings. The van der Waals surface area contributed by atoms with Crippen LogP contribution in [0.2, 0.25) is 0 Å². The number of hydrogen-bond donors (Lipinski definition) is 2. The van der Waals surface area contributed by atoms with E-state index in [-0.39, 0.29) is 35.6 Å². The van der Waals surface area contributed by atoms with E-state index in [4.69, 9.17) is 4.74 Å². The van der Waals surface area contributed by atoms with Crippen molar-refractivity contribution in [2.75, 3.05) is 0 Å². The van der Waals surface area contributed by atoms with E-state index in [2.05, 4.69) is 15.6 Å². The Morgan fingerprint density at radius 1 is 1.24 bits per heavy atom. The van der Waals surface area contributed by atoms with Gasteiger partial charge in [0.05, 0.1) is 11.6 Å². The standard InChI is InChI=1S/C23H25N3O3/c1-14(15-8-10-24-11-9-15)25-21(27)19-12-17-7-6-16(19)13-23(17)26-22(28)18-4-2-3-5-20(18)29-23/h2-5,8-11,14,16-17,19H,6-7,12-13H2,1H3,(H,25,27)(H,26,28)/t14-,16-,17+,19-,23+/m1/s1. The van der Waals surface area contributed by atoms with E-state index in [0.29, 0.717) is 17.7 Å². The molecule has 5 atom stereocenters. The number of nitrogens with zero attached hydrogens (tertiary/aromatic N) is 1. The van der Waals surface area contributed by atoms with Crippen LogP contribution >= 0.6 is 0 Å². The highest BCUT2D eigenvalue weighted by Gasteiger charge is 2.57. The van der Waals surface area contributed by atoms with Gasteiger partial charge in [-0.05, 0) is 61.9 Å². The lowest BCUT2D eigenvalue weighted by Crippen LogP contribution is -2.66. The van der Waals surface area contributed by atoms with Crippen LogP contribution in [-0.4, -0.2) is 22.5 Å². The van der Waals surface area contributed by atoms with Gasteiger partial charge in [-0.25, -0.2) is 0 Å². The average molecular weight is 391 g/mol. The van der Waals surface area contributed by atoms with E-state index in [1.54, 1.807) is 18.5 Å². The van der Waals surface area contributed by atoms with Crippen LogP contribution in [0.3, 0.4) is 0 Å². The fraction of sp³-hybridized carbons (Fsp3) is 0.435. The fourth-order valence-electron chi connectivity index (χ4n) is 5.34. The van der Waals surface area contributed by atoms with Gasteiger partial charge in [-0.15, -0.1) is 0 Å². The number of para-hydroxylation sites is 1. The highest BCUT2D eigenvalue weighted by atomic mass is 16.5. The lowest BCUT2D eigenvalue weighted by molar-refractivity contribution is -0.147. The smallest absolute Gasteiger partial charge is 0.258 e. The molecule has 0 radical (unpaired) electrons. The first kappa shape index (κ1) is 18.2. The molecule has 29 heavy (non-hydrogen) atoms. The summed E-state index contributed by atoms with van der Waals surface area (Å²) in [5, 5.41) is 6.32. The Hall–Kier alpha value is -2.89. The molecule has 4 aliphatic rings. The summed E-state index contributed by atoms with van der Waals surface area (Å²) in [4.78, 5) is 29.8. The lowest BCUT2D eigenvalue weighted by Gasteiger charge is -2.55. The SMILES string of the molecule is C[C@@H](NC(=O)[C@@H]1C[C@@H]2CC[C@@H]1C[C@@]21NC(=O)c2ccccc2O1)c1ccncc1. The zero-order chi connectivity index (χ0) is 20.0. The van der Waals surface area contributed by atoms with Gasteiger partial charge in [-0.1, -0.05) is 12.1 Å². The fourth-order valence-corrected chi connectivity index (χ4v) is 5.34. The van der Waals surface area contributed by atoms with Gasteiger partial charge in [-0.2, -0.15) is 0 Å². The predicted octanol–water partition coefficient (Wildman–Crippen LogP) is 3.21. The summed E-state index contributed by atoms with van der Waals surface area (Å²) in [5.41, 5.74) is 0.951. The molecule has 1 spiro atoms. The number of hydrogen-bond acceptors (Lipinski definition) is 4. The molecule has 3 saturated carbocycles. The third kappa shape index (κ3) is 3.07. The van der Waals surface area contributed by atoms with Crippen LogP contribution in [0.15, 0.2) is 48.8 Å². The number of pyridine rings is 1. The van der Waals surface area contributed by atoms with E-state index >= 15 is 0 Å². The highest BCUT2D eigenvalue weighted by Crippen LogP contribution is 2.52. The Morgan fingerprint density at radius 3 is 2.79 bits per heavy atom. The summed E-state index contributed by atoms with van der Waals surface area (Å²) in [5.74, 6) is 0.970. The number of benzene rings is 1. The minimum Gasteiger partial charge on any atom is -0.467 e. The summed E-state index contributed by atoms with van der Waals surface area (Å²) < 4.78 is 6.37. The summed E-state index contributed by atoms with van der Waals surface area (Å²) in [6, 6.07) is 11.2. The van der Waals surface area contributed by atoms with E-state index in [1.807, 2.05) is 37.3 Å². The van der Waals surface area contributed by atoms with Gasteiger partial charge in [0.1, 0.15) is 5.75 Å². The van der Waals surface area contributed by atoms with Crippen molar-refractivity contribution in [2.24, 2.45) is 17.8 Å². The molecule has 150 valence electrons. The number of fused-ring (bicyclic) bond motifs is 3. The van der Waals surface area contributed by atoms with Crippen LogP contribution in [0.4, 0.5) is 0 Å². The second-order valence-corrected chi connectivity index (χ2v) is 8.53. The Balaban J connectivity index is 1.32. The molecular formula is C23H25N3O3. The molecule has 6 nitrogen and oxygen atoms in total. The summed E-state index contributed by atoms with van der Waals surface area (Å²) in [6.45, 7) is 2.00. The molecular weight excluding hydrogens is 366 g/mol. The molecule has 2 heterocycles. The first-order valence-electron chi connectivity index (χ1n) is 10.4. The topological polar surface area (TPSA) is 80.3 Å². The molecule has 0 unspecified atom stereocenters. The maximum absolute atomic E-state index is 13.1. The number of carbonyl (C=O) groups excluding carboxylic acids is 2. The van der Waals surface area contributed by atoms with Crippen molar-refractivity contribution >= 4 is 11.8 Å². The number of nitrogens with one attached hydrogen (secondary N) is 2. The Bertz CT molecular complexity index is 947. The largest absolute Gasteiger partial charge is 0.467 e. The van der Waals surface area contributed by atoms with Crippen molar-refractivity contribution in [2.45, 2.75) is 44.4 Å². The molecule has 6 heteroatoms. The van der Waals surface area contributed by atoms with Crippen molar-refractivity contribution in [1.29, 1.82) is 0 Å². The van der Waals surface area contributed by atoms with Gasteiger partial charge in [0.2, 0.25) is 5.91 Å². The van der Waals surface area contributed by atoms with Crippen molar-refractivity contribution < 1.29 is 14.3 Å². The molecule has 2 N–H and O–H groups in total. The zero-order valence-corrected chi connectivity index (χ0v) is 16.4. The van der Waals surface area contributed by atoms with Crippen LogP contribution in [-0.2, 0) is 4.79 Å². The van der Waals surface area contributed by atoms with Crippen LogP contribution in [0.1, 0.15) is 54.6 Å². The lowest BCUT2D eigenvalue weighted by atomic mass is 9.60.